The molecule has 0 amide bonds. The molecule has 0 N–H and O–H groups in total. The summed E-state index contributed by atoms with van der Waals surface area (Å²) in [5.41, 5.74) is 2.54. The van der Waals surface area contributed by atoms with Crippen molar-refractivity contribution in [2.45, 2.75) is 37.8 Å². The normalized spacial score (nSPS) is 21.3. The average Bonchev–Trinajstić information content (AvgIpc) is 2.62. The summed E-state index contributed by atoms with van der Waals surface area (Å²) in [5, 5.41) is 0. The molecule has 1 aliphatic carbocycles. The Kier molecular flexibility index (Phi) is 5.48. The van der Waals surface area contributed by atoms with Crippen molar-refractivity contribution < 1.29 is 17.9 Å². The van der Waals surface area contributed by atoms with Crippen molar-refractivity contribution >= 4 is 0 Å². The van der Waals surface area contributed by atoms with Gasteiger partial charge >= 0.3 is 6.18 Å². The van der Waals surface area contributed by atoms with Gasteiger partial charge in [-0.2, -0.15) is 13.2 Å². The van der Waals surface area contributed by atoms with E-state index in [1.54, 1.807) is 19.2 Å². The van der Waals surface area contributed by atoms with Crippen molar-refractivity contribution in [1.82, 2.24) is 0 Å². The van der Waals surface area contributed by atoms with Crippen molar-refractivity contribution in [3.05, 3.63) is 59.7 Å². The predicted molar refractivity (Wildman–Crippen MR) is 93.5 cm³/mol. The summed E-state index contributed by atoms with van der Waals surface area (Å²) in [6.07, 6.45) is 0.189. The molecule has 25 heavy (non-hydrogen) atoms. The molecule has 0 bridgehead atoms. The van der Waals surface area contributed by atoms with Crippen molar-refractivity contribution in [2.24, 2.45) is 5.92 Å². The molecule has 0 aromatic heterocycles. The van der Waals surface area contributed by atoms with Crippen LogP contribution < -0.4 is 0 Å². The molecule has 0 saturated heterocycles. The fourth-order valence-corrected chi connectivity index (χ4v) is 3.83. The third-order valence-corrected chi connectivity index (χ3v) is 5.17. The van der Waals surface area contributed by atoms with E-state index in [0.29, 0.717) is 11.8 Å². The lowest BCUT2D eigenvalue weighted by molar-refractivity contribution is -0.137. The van der Waals surface area contributed by atoms with Crippen molar-refractivity contribution in [3.8, 4) is 11.1 Å². The molecule has 4 heteroatoms. The topological polar surface area (TPSA) is 9.23 Å². The molecule has 0 unspecified atom stereocenters. The molecule has 1 nitrogen and oxygen atoms in total. The van der Waals surface area contributed by atoms with Gasteiger partial charge in [0.25, 0.3) is 0 Å². The summed E-state index contributed by atoms with van der Waals surface area (Å²) < 4.78 is 43.6. The first-order chi connectivity index (χ1) is 12.0. The minimum absolute atomic E-state index is 0.464. The summed E-state index contributed by atoms with van der Waals surface area (Å²) in [7, 11) is 1.74. The van der Waals surface area contributed by atoms with Gasteiger partial charge in [-0.3, -0.25) is 0 Å². The van der Waals surface area contributed by atoms with E-state index in [9.17, 15) is 13.2 Å². The van der Waals surface area contributed by atoms with Gasteiger partial charge in [0.2, 0.25) is 0 Å². The Morgan fingerprint density at radius 1 is 0.920 bits per heavy atom. The monoisotopic (exact) mass is 348 g/mol. The average molecular weight is 348 g/mol. The van der Waals surface area contributed by atoms with Gasteiger partial charge < -0.3 is 4.74 Å². The van der Waals surface area contributed by atoms with Gasteiger partial charge in [0, 0.05) is 13.7 Å². The summed E-state index contributed by atoms with van der Waals surface area (Å²) in [5.74, 6) is 1.09. The number of halogens is 3. The van der Waals surface area contributed by atoms with Crippen LogP contribution in [0.5, 0.6) is 0 Å². The molecule has 2 aromatic rings. The lowest BCUT2D eigenvalue weighted by atomic mass is 9.77. The van der Waals surface area contributed by atoms with Crippen LogP contribution in [0.1, 0.15) is 42.7 Å². The zero-order chi connectivity index (χ0) is 17.9. The van der Waals surface area contributed by atoms with Crippen molar-refractivity contribution in [2.75, 3.05) is 13.7 Å². The van der Waals surface area contributed by atoms with Crippen molar-refractivity contribution in [3.63, 3.8) is 0 Å². The molecule has 0 spiro atoms. The number of ether oxygens (including phenoxy) is 1. The second kappa shape index (κ2) is 7.61. The van der Waals surface area contributed by atoms with Gasteiger partial charge in [-0.1, -0.05) is 36.4 Å². The van der Waals surface area contributed by atoms with Gasteiger partial charge in [-0.15, -0.1) is 0 Å². The molecule has 0 heterocycles. The first-order valence-electron chi connectivity index (χ1n) is 8.74. The lowest BCUT2D eigenvalue weighted by Crippen LogP contribution is -2.17. The highest BCUT2D eigenvalue weighted by Crippen LogP contribution is 2.40. The molecule has 1 saturated carbocycles. The van der Waals surface area contributed by atoms with Crippen LogP contribution in [0.25, 0.3) is 11.1 Å². The molecular weight excluding hydrogens is 325 g/mol. The summed E-state index contributed by atoms with van der Waals surface area (Å²) >= 11 is 0. The van der Waals surface area contributed by atoms with Crippen molar-refractivity contribution in [1.29, 1.82) is 0 Å². The fourth-order valence-electron chi connectivity index (χ4n) is 3.83. The third kappa shape index (κ3) is 4.24. The Morgan fingerprint density at radius 3 is 2.16 bits per heavy atom. The van der Waals surface area contributed by atoms with Gasteiger partial charge in [-0.25, -0.2) is 0 Å². The smallest absolute Gasteiger partial charge is 0.384 e. The van der Waals surface area contributed by atoms with E-state index in [0.717, 1.165) is 43.4 Å². The van der Waals surface area contributed by atoms with Gasteiger partial charge in [-0.05, 0) is 66.3 Å². The van der Waals surface area contributed by atoms with Gasteiger partial charge in [0.1, 0.15) is 0 Å². The second-order valence-corrected chi connectivity index (χ2v) is 6.84. The zero-order valence-electron chi connectivity index (χ0n) is 14.4. The highest BCUT2D eigenvalue weighted by Gasteiger charge is 2.30. The molecule has 2 aromatic carbocycles. The second-order valence-electron chi connectivity index (χ2n) is 6.84. The van der Waals surface area contributed by atoms with Crippen LogP contribution in [-0.2, 0) is 10.9 Å². The maximum absolute atomic E-state index is 12.8. The van der Waals surface area contributed by atoms with Gasteiger partial charge in [0.15, 0.2) is 0 Å². The maximum atomic E-state index is 12.8. The molecule has 0 aliphatic heterocycles. The molecule has 0 radical (unpaired) electrons. The van der Waals surface area contributed by atoms with E-state index < -0.39 is 11.7 Å². The van der Waals surface area contributed by atoms with Crippen LogP contribution in [0.15, 0.2) is 48.5 Å². The minimum atomic E-state index is -4.29. The molecule has 1 fully saturated rings. The SMILES string of the molecule is COC[C@H]1CC[C@H](c2ccccc2-c2ccc(C(F)(F)F)cc2)CC1. The molecule has 3 rings (SSSR count). The Bertz CT molecular complexity index is 683. The Balaban J connectivity index is 1.82. The van der Waals surface area contributed by atoms with Crippen LogP contribution in [0.3, 0.4) is 0 Å². The minimum Gasteiger partial charge on any atom is -0.384 e. The van der Waals surface area contributed by atoms with E-state index in [2.05, 4.69) is 6.07 Å². The summed E-state index contributed by atoms with van der Waals surface area (Å²) in [4.78, 5) is 0. The number of hydrogen-bond acceptors (Lipinski definition) is 1. The maximum Gasteiger partial charge on any atom is 0.416 e. The Hall–Kier alpha value is -1.81. The first-order valence-corrected chi connectivity index (χ1v) is 8.74. The largest absolute Gasteiger partial charge is 0.416 e. The number of alkyl halides is 3. The molecule has 134 valence electrons. The highest BCUT2D eigenvalue weighted by atomic mass is 19.4. The van der Waals surface area contributed by atoms with Crippen LogP contribution in [-0.4, -0.2) is 13.7 Å². The number of benzene rings is 2. The third-order valence-electron chi connectivity index (χ3n) is 5.17. The number of methoxy groups -OCH3 is 1. The number of rotatable bonds is 4. The fraction of sp³-hybridized carbons (Fsp3) is 0.429. The van der Waals surface area contributed by atoms with E-state index in [1.165, 1.54) is 17.7 Å². The standard InChI is InChI=1S/C21H23F3O/c1-25-14-15-6-8-16(9-7-15)19-4-2-3-5-20(19)17-10-12-18(13-11-17)21(22,23)24/h2-5,10-13,15-16H,6-9,14H2,1H3/t15-,16-. The van der Waals surface area contributed by atoms with E-state index in [-0.39, 0.29) is 0 Å². The Labute approximate surface area is 146 Å². The van der Waals surface area contributed by atoms with E-state index >= 15 is 0 Å². The quantitative estimate of drug-likeness (QED) is 0.631. The van der Waals surface area contributed by atoms with E-state index in [1.807, 2.05) is 18.2 Å². The Morgan fingerprint density at radius 2 is 1.56 bits per heavy atom. The predicted octanol–water partition coefficient (Wildman–Crippen LogP) is 6.29. The van der Waals surface area contributed by atoms with Crippen LogP contribution in [0.2, 0.25) is 0 Å². The lowest BCUT2D eigenvalue weighted by Gasteiger charge is -2.29. The molecule has 1 aliphatic rings. The zero-order valence-corrected chi connectivity index (χ0v) is 14.4. The molecule has 0 atom stereocenters. The van der Waals surface area contributed by atoms with Gasteiger partial charge in [0.05, 0.1) is 5.56 Å². The number of hydrogen-bond donors (Lipinski definition) is 0. The van der Waals surface area contributed by atoms with Crippen LogP contribution >= 0.6 is 0 Å². The summed E-state index contributed by atoms with van der Waals surface area (Å²) in [6.45, 7) is 0.813. The van der Waals surface area contributed by atoms with E-state index in [4.69, 9.17) is 4.74 Å². The molecular formula is C21H23F3O. The van der Waals surface area contributed by atoms with Crippen LogP contribution in [0, 0.1) is 5.92 Å². The first kappa shape index (κ1) is 18.0. The van der Waals surface area contributed by atoms with Crippen LogP contribution in [0.4, 0.5) is 13.2 Å². The summed E-state index contributed by atoms with van der Waals surface area (Å²) in [6, 6.07) is 13.6. The highest BCUT2D eigenvalue weighted by molar-refractivity contribution is 5.68.